The first-order valence-electron chi connectivity index (χ1n) is 7.66. The zero-order valence-electron chi connectivity index (χ0n) is 13.3. The van der Waals surface area contributed by atoms with Crippen LogP contribution in [0.15, 0.2) is 24.3 Å². The first kappa shape index (κ1) is 17.8. The second-order valence-corrected chi connectivity index (χ2v) is 4.75. The summed E-state index contributed by atoms with van der Waals surface area (Å²) in [7, 11) is 0. The van der Waals surface area contributed by atoms with E-state index in [1.54, 1.807) is 0 Å². The SMILES string of the molecule is CCCNC(=O)CCNC(=O)NCc1ccccc1OCC. The summed E-state index contributed by atoms with van der Waals surface area (Å²) >= 11 is 0. The number of ether oxygens (including phenoxy) is 1. The molecule has 6 nitrogen and oxygen atoms in total. The Morgan fingerprint density at radius 3 is 2.55 bits per heavy atom. The fourth-order valence-corrected chi connectivity index (χ4v) is 1.83. The third-order valence-corrected chi connectivity index (χ3v) is 2.92. The molecular formula is C16H25N3O3. The Kier molecular flexibility index (Phi) is 8.49. The molecule has 0 spiro atoms. The van der Waals surface area contributed by atoms with Crippen LogP contribution in [0.4, 0.5) is 4.79 Å². The van der Waals surface area contributed by atoms with Crippen LogP contribution in [-0.4, -0.2) is 31.6 Å². The van der Waals surface area contributed by atoms with Crippen LogP contribution < -0.4 is 20.7 Å². The van der Waals surface area contributed by atoms with Crippen molar-refractivity contribution in [1.29, 1.82) is 0 Å². The molecule has 0 aliphatic rings. The molecule has 0 atom stereocenters. The number of benzene rings is 1. The third kappa shape index (κ3) is 6.97. The predicted octanol–water partition coefficient (Wildman–Crippen LogP) is 1.80. The van der Waals surface area contributed by atoms with Gasteiger partial charge in [-0.2, -0.15) is 0 Å². The molecule has 0 radical (unpaired) electrons. The highest BCUT2D eigenvalue weighted by molar-refractivity contribution is 5.78. The maximum Gasteiger partial charge on any atom is 0.315 e. The first-order valence-corrected chi connectivity index (χ1v) is 7.66. The molecule has 22 heavy (non-hydrogen) atoms. The van der Waals surface area contributed by atoms with Crippen molar-refractivity contribution in [2.45, 2.75) is 33.2 Å². The lowest BCUT2D eigenvalue weighted by Gasteiger charge is -2.11. The van der Waals surface area contributed by atoms with Gasteiger partial charge < -0.3 is 20.7 Å². The van der Waals surface area contributed by atoms with E-state index in [0.29, 0.717) is 26.2 Å². The minimum absolute atomic E-state index is 0.0520. The molecule has 0 unspecified atom stereocenters. The zero-order valence-corrected chi connectivity index (χ0v) is 13.3. The van der Waals surface area contributed by atoms with E-state index in [4.69, 9.17) is 4.74 Å². The average Bonchev–Trinajstić information content (AvgIpc) is 2.52. The fourth-order valence-electron chi connectivity index (χ4n) is 1.83. The Morgan fingerprint density at radius 1 is 1.05 bits per heavy atom. The summed E-state index contributed by atoms with van der Waals surface area (Å²) in [5, 5.41) is 8.17. The summed E-state index contributed by atoms with van der Waals surface area (Å²) in [6.07, 6.45) is 1.18. The maximum atomic E-state index is 11.7. The summed E-state index contributed by atoms with van der Waals surface area (Å²) in [6.45, 7) is 5.85. The summed E-state index contributed by atoms with van der Waals surface area (Å²) < 4.78 is 5.49. The Bertz CT molecular complexity index is 477. The van der Waals surface area contributed by atoms with Gasteiger partial charge in [0.15, 0.2) is 0 Å². The molecule has 0 saturated carbocycles. The van der Waals surface area contributed by atoms with Gasteiger partial charge in [0.2, 0.25) is 5.91 Å². The minimum Gasteiger partial charge on any atom is -0.494 e. The third-order valence-electron chi connectivity index (χ3n) is 2.92. The van der Waals surface area contributed by atoms with Crippen molar-refractivity contribution in [2.75, 3.05) is 19.7 Å². The molecule has 6 heteroatoms. The van der Waals surface area contributed by atoms with E-state index >= 15 is 0 Å². The van der Waals surface area contributed by atoms with Gasteiger partial charge >= 0.3 is 6.03 Å². The van der Waals surface area contributed by atoms with E-state index in [2.05, 4.69) is 16.0 Å². The van der Waals surface area contributed by atoms with Gasteiger partial charge in [0.05, 0.1) is 6.61 Å². The molecule has 0 aromatic heterocycles. The number of urea groups is 1. The van der Waals surface area contributed by atoms with E-state index in [0.717, 1.165) is 17.7 Å². The van der Waals surface area contributed by atoms with Gasteiger partial charge in [-0.3, -0.25) is 4.79 Å². The number of rotatable bonds is 9. The molecule has 1 rings (SSSR count). The van der Waals surface area contributed by atoms with Crippen molar-refractivity contribution < 1.29 is 14.3 Å². The number of nitrogens with one attached hydrogen (secondary N) is 3. The highest BCUT2D eigenvalue weighted by Crippen LogP contribution is 2.17. The molecular weight excluding hydrogens is 282 g/mol. The lowest BCUT2D eigenvalue weighted by molar-refractivity contribution is -0.120. The van der Waals surface area contributed by atoms with Gasteiger partial charge in [-0.25, -0.2) is 4.79 Å². The second-order valence-electron chi connectivity index (χ2n) is 4.75. The number of para-hydroxylation sites is 1. The van der Waals surface area contributed by atoms with Crippen molar-refractivity contribution in [3.63, 3.8) is 0 Å². The van der Waals surface area contributed by atoms with Crippen LogP contribution in [0.2, 0.25) is 0 Å². The standard InChI is InChI=1S/C16H25N3O3/c1-3-10-17-15(20)9-11-18-16(21)19-12-13-7-5-6-8-14(13)22-4-2/h5-8H,3-4,9-12H2,1-2H3,(H,17,20)(H2,18,19,21). The normalized spacial score (nSPS) is 9.91. The highest BCUT2D eigenvalue weighted by atomic mass is 16.5. The number of hydrogen-bond acceptors (Lipinski definition) is 3. The van der Waals surface area contributed by atoms with Crippen molar-refractivity contribution >= 4 is 11.9 Å². The smallest absolute Gasteiger partial charge is 0.315 e. The van der Waals surface area contributed by atoms with Crippen LogP contribution >= 0.6 is 0 Å². The summed E-state index contributed by atoms with van der Waals surface area (Å²) in [4.78, 5) is 23.1. The molecule has 0 fully saturated rings. The van der Waals surface area contributed by atoms with Gasteiger partial charge in [0.25, 0.3) is 0 Å². The van der Waals surface area contributed by atoms with Crippen molar-refractivity contribution in [2.24, 2.45) is 0 Å². The van der Waals surface area contributed by atoms with Crippen molar-refractivity contribution in [1.82, 2.24) is 16.0 Å². The molecule has 0 heterocycles. The molecule has 0 aliphatic carbocycles. The molecule has 0 bridgehead atoms. The van der Waals surface area contributed by atoms with Crippen LogP contribution in [0.5, 0.6) is 5.75 Å². The number of carbonyl (C=O) groups is 2. The Hall–Kier alpha value is -2.24. The number of amides is 3. The molecule has 3 amide bonds. The Labute approximate surface area is 131 Å². The van der Waals surface area contributed by atoms with Crippen LogP contribution in [0.25, 0.3) is 0 Å². The fraction of sp³-hybridized carbons (Fsp3) is 0.500. The largest absolute Gasteiger partial charge is 0.494 e. The monoisotopic (exact) mass is 307 g/mol. The van der Waals surface area contributed by atoms with Crippen molar-refractivity contribution in [3.8, 4) is 5.75 Å². The first-order chi connectivity index (χ1) is 10.7. The molecule has 0 saturated heterocycles. The van der Waals surface area contributed by atoms with Gasteiger partial charge in [-0.15, -0.1) is 0 Å². The Balaban J connectivity index is 2.27. The van der Waals surface area contributed by atoms with E-state index in [-0.39, 0.29) is 18.4 Å². The van der Waals surface area contributed by atoms with Crippen LogP contribution in [0.3, 0.4) is 0 Å². The summed E-state index contributed by atoms with van der Waals surface area (Å²) in [6, 6.07) is 7.27. The van der Waals surface area contributed by atoms with E-state index < -0.39 is 0 Å². The number of carbonyl (C=O) groups excluding carboxylic acids is 2. The second kappa shape index (κ2) is 10.5. The van der Waals surface area contributed by atoms with Crippen molar-refractivity contribution in [3.05, 3.63) is 29.8 Å². The predicted molar refractivity (Wildman–Crippen MR) is 85.8 cm³/mol. The van der Waals surface area contributed by atoms with Crippen LogP contribution in [0, 0.1) is 0 Å². The molecule has 0 aliphatic heterocycles. The van der Waals surface area contributed by atoms with Crippen LogP contribution in [0.1, 0.15) is 32.3 Å². The van der Waals surface area contributed by atoms with E-state index in [9.17, 15) is 9.59 Å². The lowest BCUT2D eigenvalue weighted by Crippen LogP contribution is -2.37. The minimum atomic E-state index is -0.297. The average molecular weight is 307 g/mol. The quantitative estimate of drug-likeness (QED) is 0.651. The molecule has 1 aromatic carbocycles. The summed E-state index contributed by atoms with van der Waals surface area (Å²) in [5.74, 6) is 0.716. The Morgan fingerprint density at radius 2 is 1.82 bits per heavy atom. The molecule has 1 aromatic rings. The highest BCUT2D eigenvalue weighted by Gasteiger charge is 2.06. The van der Waals surface area contributed by atoms with E-state index in [1.165, 1.54) is 0 Å². The van der Waals surface area contributed by atoms with Gasteiger partial charge in [-0.1, -0.05) is 25.1 Å². The van der Waals surface area contributed by atoms with Gasteiger partial charge in [0.1, 0.15) is 5.75 Å². The molecule has 3 N–H and O–H groups in total. The van der Waals surface area contributed by atoms with Gasteiger partial charge in [0, 0.05) is 31.6 Å². The maximum absolute atomic E-state index is 11.7. The molecule has 122 valence electrons. The van der Waals surface area contributed by atoms with Crippen LogP contribution in [-0.2, 0) is 11.3 Å². The van der Waals surface area contributed by atoms with Gasteiger partial charge in [-0.05, 0) is 19.4 Å². The van der Waals surface area contributed by atoms with E-state index in [1.807, 2.05) is 38.1 Å². The topological polar surface area (TPSA) is 79.5 Å². The number of hydrogen-bond donors (Lipinski definition) is 3. The summed E-state index contributed by atoms with van der Waals surface area (Å²) in [5.41, 5.74) is 0.917. The zero-order chi connectivity index (χ0) is 16.2. The lowest BCUT2D eigenvalue weighted by atomic mass is 10.2.